The smallest absolute Gasteiger partial charge is 0.0101 e. The first-order valence-corrected chi connectivity index (χ1v) is 7.46. The molecule has 2 unspecified atom stereocenters. The van der Waals surface area contributed by atoms with Crippen LogP contribution in [0.25, 0.3) is 0 Å². The summed E-state index contributed by atoms with van der Waals surface area (Å²) in [7, 11) is 0. The average molecular weight is 214 g/mol. The predicted octanol–water partition coefficient (Wildman–Crippen LogP) is 4.73. The maximum absolute atomic E-state index is 2.45. The molecule has 1 heteroatoms. The van der Waals surface area contributed by atoms with Gasteiger partial charge in [0.05, 0.1) is 0 Å². The lowest BCUT2D eigenvalue weighted by Gasteiger charge is -2.32. The van der Waals surface area contributed by atoms with Crippen molar-refractivity contribution < 1.29 is 0 Å². The molecular weight excluding hydrogens is 188 g/mol. The quantitative estimate of drug-likeness (QED) is 0.654. The third-order valence-electron chi connectivity index (χ3n) is 3.72. The largest absolute Gasteiger partial charge is 0.158 e. The first-order valence-electron chi connectivity index (χ1n) is 6.41. The zero-order chi connectivity index (χ0) is 10.4. The molecule has 0 aromatic rings. The Morgan fingerprint density at radius 3 is 2.64 bits per heavy atom. The van der Waals surface area contributed by atoms with Crippen molar-refractivity contribution in [3.63, 3.8) is 0 Å². The molecule has 0 spiro atoms. The highest BCUT2D eigenvalue weighted by molar-refractivity contribution is 7.99. The van der Waals surface area contributed by atoms with Crippen molar-refractivity contribution in [1.82, 2.24) is 0 Å². The first kappa shape index (κ1) is 12.4. The highest BCUT2D eigenvalue weighted by atomic mass is 32.2. The Labute approximate surface area is 94.2 Å². The Morgan fingerprint density at radius 1 is 1.21 bits per heavy atom. The van der Waals surface area contributed by atoms with Gasteiger partial charge in [0.2, 0.25) is 0 Å². The molecule has 14 heavy (non-hydrogen) atoms. The summed E-state index contributed by atoms with van der Waals surface area (Å²) in [5.41, 5.74) is 0. The van der Waals surface area contributed by atoms with Crippen molar-refractivity contribution in [3.05, 3.63) is 0 Å². The minimum Gasteiger partial charge on any atom is -0.158 e. The second-order valence-electron chi connectivity index (χ2n) is 4.74. The molecule has 3 atom stereocenters. The van der Waals surface area contributed by atoms with Gasteiger partial charge in [0.25, 0.3) is 0 Å². The van der Waals surface area contributed by atoms with Crippen molar-refractivity contribution in [3.8, 4) is 0 Å². The van der Waals surface area contributed by atoms with Crippen LogP contribution in [0.2, 0.25) is 0 Å². The van der Waals surface area contributed by atoms with E-state index in [-0.39, 0.29) is 0 Å². The molecule has 0 nitrogen and oxygen atoms in total. The minimum atomic E-state index is 0.919. The minimum absolute atomic E-state index is 0.919. The lowest BCUT2D eigenvalue weighted by atomic mass is 9.87. The monoisotopic (exact) mass is 214 g/mol. The Bertz CT molecular complexity index is 144. The molecule has 1 fully saturated rings. The van der Waals surface area contributed by atoms with Gasteiger partial charge in [-0.25, -0.2) is 0 Å². The summed E-state index contributed by atoms with van der Waals surface area (Å²) in [4.78, 5) is 0. The van der Waals surface area contributed by atoms with E-state index in [1.54, 1.807) is 0 Å². The Hall–Kier alpha value is 0.350. The van der Waals surface area contributed by atoms with Gasteiger partial charge in [-0.1, -0.05) is 46.5 Å². The average Bonchev–Trinajstić information content (AvgIpc) is 2.17. The van der Waals surface area contributed by atoms with E-state index in [9.17, 15) is 0 Å². The van der Waals surface area contributed by atoms with Crippen molar-refractivity contribution in [2.24, 2.45) is 11.8 Å². The summed E-state index contributed by atoms with van der Waals surface area (Å²) in [5.74, 6) is 3.32. The second-order valence-corrected chi connectivity index (χ2v) is 6.02. The van der Waals surface area contributed by atoms with Gasteiger partial charge in [0, 0.05) is 5.25 Å². The van der Waals surface area contributed by atoms with Crippen LogP contribution >= 0.6 is 11.8 Å². The standard InChI is InChI=1S/C13H26S/c1-4-11(3)13-12(5-2)9-7-6-8-10-14-13/h11-13H,4-10H2,1-3H3/t11?,12-,13?/m0/s1. The van der Waals surface area contributed by atoms with E-state index in [1.807, 2.05) is 0 Å². The molecule has 1 saturated heterocycles. The molecule has 0 N–H and O–H groups in total. The molecule has 0 amide bonds. The maximum Gasteiger partial charge on any atom is 0.0101 e. The van der Waals surface area contributed by atoms with Crippen molar-refractivity contribution in [2.45, 2.75) is 64.5 Å². The summed E-state index contributed by atoms with van der Waals surface area (Å²) in [6.45, 7) is 7.17. The van der Waals surface area contributed by atoms with Gasteiger partial charge in [-0.3, -0.25) is 0 Å². The molecule has 1 rings (SSSR count). The van der Waals surface area contributed by atoms with Crippen LogP contribution in [0, 0.1) is 11.8 Å². The molecule has 0 bridgehead atoms. The molecule has 1 aliphatic heterocycles. The molecule has 0 saturated carbocycles. The molecular formula is C13H26S. The van der Waals surface area contributed by atoms with E-state index in [0.717, 1.165) is 17.1 Å². The molecule has 0 aromatic carbocycles. The molecule has 0 aromatic heterocycles. The van der Waals surface area contributed by atoms with Gasteiger partial charge in [-0.05, 0) is 30.4 Å². The van der Waals surface area contributed by atoms with Gasteiger partial charge in [0.1, 0.15) is 0 Å². The highest BCUT2D eigenvalue weighted by Crippen LogP contribution is 2.36. The molecule has 1 aliphatic rings. The van der Waals surface area contributed by atoms with Crippen molar-refractivity contribution in [1.29, 1.82) is 0 Å². The molecule has 0 aliphatic carbocycles. The van der Waals surface area contributed by atoms with Crippen LogP contribution in [0.3, 0.4) is 0 Å². The summed E-state index contributed by atoms with van der Waals surface area (Å²) in [6.07, 6.45) is 8.63. The second kappa shape index (κ2) is 6.76. The van der Waals surface area contributed by atoms with Crippen LogP contribution in [0.4, 0.5) is 0 Å². The summed E-state index contributed by atoms with van der Waals surface area (Å²) >= 11 is 2.26. The van der Waals surface area contributed by atoms with Crippen LogP contribution in [0.5, 0.6) is 0 Å². The summed E-state index contributed by atoms with van der Waals surface area (Å²) < 4.78 is 0. The number of hydrogen-bond donors (Lipinski definition) is 0. The number of rotatable bonds is 3. The van der Waals surface area contributed by atoms with Crippen LogP contribution in [-0.2, 0) is 0 Å². The van der Waals surface area contributed by atoms with E-state index in [1.165, 1.54) is 44.3 Å². The third-order valence-corrected chi connectivity index (χ3v) is 5.48. The van der Waals surface area contributed by atoms with E-state index in [2.05, 4.69) is 32.5 Å². The fourth-order valence-electron chi connectivity index (χ4n) is 2.50. The van der Waals surface area contributed by atoms with E-state index in [0.29, 0.717) is 0 Å². The fourth-order valence-corrected chi connectivity index (χ4v) is 4.27. The normalized spacial score (nSPS) is 31.9. The van der Waals surface area contributed by atoms with Crippen LogP contribution in [-0.4, -0.2) is 11.0 Å². The maximum atomic E-state index is 2.45. The Balaban J connectivity index is 2.53. The number of thioether (sulfide) groups is 1. The Morgan fingerprint density at radius 2 is 2.00 bits per heavy atom. The summed E-state index contributed by atoms with van der Waals surface area (Å²) in [6, 6.07) is 0. The first-order chi connectivity index (χ1) is 6.79. The zero-order valence-electron chi connectivity index (χ0n) is 10.1. The van der Waals surface area contributed by atoms with Gasteiger partial charge in [0.15, 0.2) is 0 Å². The third kappa shape index (κ3) is 3.49. The SMILES string of the molecule is CCC(C)C1SCCCCC[C@@H]1CC. The Kier molecular flexibility index (Phi) is 6.00. The van der Waals surface area contributed by atoms with Crippen molar-refractivity contribution >= 4 is 11.8 Å². The summed E-state index contributed by atoms with van der Waals surface area (Å²) in [5, 5.41) is 0.949. The van der Waals surface area contributed by atoms with E-state index in [4.69, 9.17) is 0 Å². The van der Waals surface area contributed by atoms with Gasteiger partial charge in [-0.15, -0.1) is 0 Å². The van der Waals surface area contributed by atoms with Gasteiger partial charge >= 0.3 is 0 Å². The molecule has 84 valence electrons. The lowest BCUT2D eigenvalue weighted by Crippen LogP contribution is -2.25. The lowest BCUT2D eigenvalue weighted by molar-refractivity contribution is 0.354. The van der Waals surface area contributed by atoms with Crippen molar-refractivity contribution in [2.75, 3.05) is 5.75 Å². The van der Waals surface area contributed by atoms with E-state index < -0.39 is 0 Å². The molecule has 0 radical (unpaired) electrons. The van der Waals surface area contributed by atoms with Crippen LogP contribution < -0.4 is 0 Å². The molecule has 1 heterocycles. The van der Waals surface area contributed by atoms with Gasteiger partial charge < -0.3 is 0 Å². The topological polar surface area (TPSA) is 0 Å². The van der Waals surface area contributed by atoms with Crippen LogP contribution in [0.1, 0.15) is 59.3 Å². The fraction of sp³-hybridized carbons (Fsp3) is 1.00. The highest BCUT2D eigenvalue weighted by Gasteiger charge is 2.25. The van der Waals surface area contributed by atoms with Crippen LogP contribution in [0.15, 0.2) is 0 Å². The zero-order valence-corrected chi connectivity index (χ0v) is 10.9. The van der Waals surface area contributed by atoms with E-state index >= 15 is 0 Å². The predicted molar refractivity (Wildman–Crippen MR) is 68.0 cm³/mol. The number of hydrogen-bond acceptors (Lipinski definition) is 1. The van der Waals surface area contributed by atoms with Gasteiger partial charge in [-0.2, -0.15) is 11.8 Å².